The quantitative estimate of drug-likeness (QED) is 0.153. The molecule has 5 aromatic rings. The molecule has 0 fully saturated rings. The molecule has 0 aliphatic heterocycles. The Labute approximate surface area is 255 Å². The SMILES string of the molecule is CC(C(=O)Nc1nnc(CCCCc2ccc(NC(=O)Cc3ccccc3)nn2)s1)c1cccc(Cc2ccccc2)c1. The van der Waals surface area contributed by atoms with Crippen LogP contribution in [0.25, 0.3) is 0 Å². The van der Waals surface area contributed by atoms with Crippen molar-refractivity contribution >= 4 is 34.1 Å². The molecule has 3 aromatic carbocycles. The topological polar surface area (TPSA) is 110 Å². The molecule has 5 rings (SSSR count). The van der Waals surface area contributed by atoms with E-state index in [9.17, 15) is 9.59 Å². The Balaban J connectivity index is 1.03. The minimum atomic E-state index is -0.312. The monoisotopic (exact) mass is 590 g/mol. The van der Waals surface area contributed by atoms with Crippen LogP contribution in [-0.4, -0.2) is 32.2 Å². The highest BCUT2D eigenvalue weighted by Gasteiger charge is 2.18. The van der Waals surface area contributed by atoms with Crippen LogP contribution in [0, 0.1) is 0 Å². The molecule has 1 atom stereocenters. The maximum Gasteiger partial charge on any atom is 0.233 e. The zero-order chi connectivity index (χ0) is 29.9. The second-order valence-electron chi connectivity index (χ2n) is 10.4. The van der Waals surface area contributed by atoms with Gasteiger partial charge in [0.15, 0.2) is 5.82 Å². The van der Waals surface area contributed by atoms with E-state index in [0.29, 0.717) is 17.4 Å². The molecule has 0 saturated carbocycles. The molecule has 218 valence electrons. The average Bonchev–Trinajstić information content (AvgIpc) is 3.47. The van der Waals surface area contributed by atoms with E-state index in [2.05, 4.69) is 55.3 Å². The Bertz CT molecular complexity index is 1620. The zero-order valence-electron chi connectivity index (χ0n) is 24.1. The van der Waals surface area contributed by atoms with Crippen LogP contribution >= 0.6 is 11.3 Å². The number of rotatable bonds is 13. The van der Waals surface area contributed by atoms with Crippen molar-refractivity contribution in [2.45, 2.75) is 51.4 Å². The first-order valence-electron chi connectivity index (χ1n) is 14.4. The van der Waals surface area contributed by atoms with Crippen molar-refractivity contribution in [1.82, 2.24) is 20.4 Å². The fraction of sp³-hybridized carbons (Fsp3) is 0.235. The van der Waals surface area contributed by atoms with Gasteiger partial charge in [0.2, 0.25) is 16.9 Å². The fourth-order valence-electron chi connectivity index (χ4n) is 4.68. The third-order valence-corrected chi connectivity index (χ3v) is 7.96. The van der Waals surface area contributed by atoms with Gasteiger partial charge >= 0.3 is 0 Å². The first-order valence-corrected chi connectivity index (χ1v) is 15.3. The molecular formula is C34H34N6O2S. The summed E-state index contributed by atoms with van der Waals surface area (Å²) in [5, 5.41) is 24.0. The number of carbonyl (C=O) groups excluding carboxylic acids is 2. The lowest BCUT2D eigenvalue weighted by molar-refractivity contribution is -0.117. The van der Waals surface area contributed by atoms with E-state index in [1.807, 2.05) is 73.7 Å². The molecule has 43 heavy (non-hydrogen) atoms. The lowest BCUT2D eigenvalue weighted by atomic mass is 9.96. The van der Waals surface area contributed by atoms with Gasteiger partial charge in [-0.1, -0.05) is 96.3 Å². The van der Waals surface area contributed by atoms with Crippen LogP contribution in [0.15, 0.2) is 97.1 Å². The Kier molecular flexibility index (Phi) is 10.3. The van der Waals surface area contributed by atoms with E-state index in [-0.39, 0.29) is 17.7 Å². The number of nitrogens with zero attached hydrogens (tertiary/aromatic N) is 4. The van der Waals surface area contributed by atoms with Crippen molar-refractivity contribution in [1.29, 1.82) is 0 Å². The first kappa shape index (κ1) is 29.7. The van der Waals surface area contributed by atoms with Crippen molar-refractivity contribution in [3.8, 4) is 0 Å². The average molecular weight is 591 g/mol. The molecule has 2 heterocycles. The maximum absolute atomic E-state index is 13.0. The maximum atomic E-state index is 13.0. The van der Waals surface area contributed by atoms with Gasteiger partial charge in [-0.05, 0) is 67.0 Å². The highest BCUT2D eigenvalue weighted by atomic mass is 32.1. The molecule has 1 unspecified atom stereocenters. The summed E-state index contributed by atoms with van der Waals surface area (Å²) in [5.41, 5.74) is 5.21. The smallest absolute Gasteiger partial charge is 0.233 e. The lowest BCUT2D eigenvalue weighted by Crippen LogP contribution is -2.18. The van der Waals surface area contributed by atoms with Crippen LogP contribution < -0.4 is 10.6 Å². The third kappa shape index (κ3) is 9.11. The van der Waals surface area contributed by atoms with Gasteiger partial charge < -0.3 is 10.6 Å². The van der Waals surface area contributed by atoms with Crippen LogP contribution in [0.2, 0.25) is 0 Å². The Morgan fingerprint density at radius 1 is 0.721 bits per heavy atom. The largest absolute Gasteiger partial charge is 0.309 e. The van der Waals surface area contributed by atoms with Crippen LogP contribution in [0.5, 0.6) is 0 Å². The summed E-state index contributed by atoms with van der Waals surface area (Å²) >= 11 is 1.41. The molecule has 0 spiro atoms. The molecule has 8 nitrogen and oxygen atoms in total. The highest BCUT2D eigenvalue weighted by molar-refractivity contribution is 7.15. The van der Waals surface area contributed by atoms with Gasteiger partial charge in [0.25, 0.3) is 0 Å². The number of hydrogen-bond donors (Lipinski definition) is 2. The zero-order valence-corrected chi connectivity index (χ0v) is 24.9. The molecule has 9 heteroatoms. The molecule has 2 aromatic heterocycles. The normalized spacial score (nSPS) is 11.6. The minimum absolute atomic E-state index is 0.0992. The molecule has 0 bridgehead atoms. The summed E-state index contributed by atoms with van der Waals surface area (Å²) in [6, 6.07) is 31.8. The molecule has 2 N–H and O–H groups in total. The van der Waals surface area contributed by atoms with Gasteiger partial charge in [0, 0.05) is 6.42 Å². The van der Waals surface area contributed by atoms with E-state index < -0.39 is 0 Å². The second kappa shape index (κ2) is 14.9. The predicted octanol–water partition coefficient (Wildman–Crippen LogP) is 6.41. The number of aromatic nitrogens is 4. The molecular weight excluding hydrogens is 556 g/mol. The highest BCUT2D eigenvalue weighted by Crippen LogP contribution is 2.23. The van der Waals surface area contributed by atoms with Crippen molar-refractivity contribution in [2.75, 3.05) is 10.6 Å². The molecule has 2 amide bonds. The number of aryl methyl sites for hydroxylation is 2. The molecule has 0 aliphatic carbocycles. The van der Waals surface area contributed by atoms with Crippen LogP contribution in [0.4, 0.5) is 10.9 Å². The molecule has 0 saturated heterocycles. The summed E-state index contributed by atoms with van der Waals surface area (Å²) in [7, 11) is 0. The van der Waals surface area contributed by atoms with Gasteiger partial charge in [-0.3, -0.25) is 9.59 Å². The van der Waals surface area contributed by atoms with E-state index in [1.54, 1.807) is 6.07 Å². The van der Waals surface area contributed by atoms with Crippen molar-refractivity contribution in [2.24, 2.45) is 0 Å². The minimum Gasteiger partial charge on any atom is -0.309 e. The van der Waals surface area contributed by atoms with Gasteiger partial charge in [-0.15, -0.1) is 15.3 Å². The Morgan fingerprint density at radius 3 is 2.19 bits per heavy atom. The number of amides is 2. The van der Waals surface area contributed by atoms with Crippen molar-refractivity contribution in [3.05, 3.63) is 130 Å². The van der Waals surface area contributed by atoms with Gasteiger partial charge in [-0.25, -0.2) is 0 Å². The first-order chi connectivity index (χ1) is 21.0. The summed E-state index contributed by atoms with van der Waals surface area (Å²) in [6.45, 7) is 1.91. The van der Waals surface area contributed by atoms with Crippen LogP contribution in [0.3, 0.4) is 0 Å². The van der Waals surface area contributed by atoms with Crippen LogP contribution in [0.1, 0.15) is 58.6 Å². The summed E-state index contributed by atoms with van der Waals surface area (Å²) in [5.74, 6) is -0.0868. The van der Waals surface area contributed by atoms with Crippen molar-refractivity contribution in [3.63, 3.8) is 0 Å². The Morgan fingerprint density at radius 2 is 1.44 bits per heavy atom. The standard InChI is InChI=1S/C34H34N6O2S/c1-24(28-16-10-15-27(22-28)21-25-11-4-2-5-12-25)33(42)36-34-40-39-32(43-34)18-9-8-17-29-19-20-30(38-37-29)35-31(41)23-26-13-6-3-7-14-26/h2-7,10-16,19-20,22,24H,8-9,17-18,21,23H2,1H3,(H,35,38,41)(H,36,40,42). The van der Waals surface area contributed by atoms with Crippen LogP contribution in [-0.2, 0) is 35.3 Å². The number of carbonyl (C=O) groups is 2. The van der Waals surface area contributed by atoms with E-state index in [0.717, 1.165) is 53.9 Å². The van der Waals surface area contributed by atoms with E-state index in [4.69, 9.17) is 0 Å². The summed E-state index contributed by atoms with van der Waals surface area (Å²) in [4.78, 5) is 25.2. The molecule has 0 radical (unpaired) electrons. The predicted molar refractivity (Wildman–Crippen MR) is 170 cm³/mol. The van der Waals surface area contributed by atoms with Gasteiger partial charge in [0.05, 0.1) is 18.0 Å². The lowest BCUT2D eigenvalue weighted by Gasteiger charge is -2.12. The Hall–Kier alpha value is -4.76. The number of nitrogens with one attached hydrogen (secondary N) is 2. The summed E-state index contributed by atoms with van der Waals surface area (Å²) in [6.07, 6.45) is 4.48. The number of anilines is 2. The second-order valence-corrected chi connectivity index (χ2v) is 11.5. The third-order valence-electron chi connectivity index (χ3n) is 7.06. The van der Waals surface area contributed by atoms with Gasteiger partial charge in [-0.2, -0.15) is 5.10 Å². The number of benzene rings is 3. The fourth-order valence-corrected chi connectivity index (χ4v) is 5.47. The van der Waals surface area contributed by atoms with E-state index >= 15 is 0 Å². The van der Waals surface area contributed by atoms with E-state index in [1.165, 1.54) is 22.5 Å². The summed E-state index contributed by atoms with van der Waals surface area (Å²) < 4.78 is 0. The molecule has 0 aliphatic rings. The van der Waals surface area contributed by atoms with Crippen molar-refractivity contribution < 1.29 is 9.59 Å². The number of unbranched alkanes of at least 4 members (excludes halogenated alkanes) is 1. The van der Waals surface area contributed by atoms with Gasteiger partial charge in [0.1, 0.15) is 5.01 Å². The number of hydrogen-bond acceptors (Lipinski definition) is 7.